The Morgan fingerprint density at radius 2 is 1.37 bits per heavy atom. The molecule has 111 heavy (non-hydrogen) atoms. The number of nitrogens with one attached hydrogen (secondary N) is 8. The van der Waals surface area contributed by atoms with Crippen molar-refractivity contribution in [1.82, 2.24) is 56.8 Å². The van der Waals surface area contributed by atoms with E-state index >= 15 is 9.59 Å². The van der Waals surface area contributed by atoms with E-state index in [4.69, 9.17) is 34.2 Å². The van der Waals surface area contributed by atoms with Crippen LogP contribution in [0.1, 0.15) is 127 Å². The van der Waals surface area contributed by atoms with Crippen molar-refractivity contribution in [2.45, 2.75) is 220 Å². The van der Waals surface area contributed by atoms with Crippen molar-refractivity contribution in [3.8, 4) is 0 Å². The van der Waals surface area contributed by atoms with Crippen LogP contribution in [-0.4, -0.2) is 252 Å². The quantitative estimate of drug-likeness (QED) is 0.0221. The largest absolute Gasteiger partial charge is 0.508 e. The molecule has 0 aromatic heterocycles. The number of primary amides is 1. The second-order valence-electron chi connectivity index (χ2n) is 28.5. The highest BCUT2D eigenvalue weighted by Gasteiger charge is 2.48. The average molecular weight is 1560 g/mol. The molecule has 2 aliphatic heterocycles. The van der Waals surface area contributed by atoms with Crippen LogP contribution < -0.4 is 48.3 Å². The van der Waals surface area contributed by atoms with Crippen LogP contribution in [-0.2, 0) is 104 Å². The molecule has 12 N–H and O–H groups in total. The molecule has 2 heterocycles. The molecule has 614 valence electrons. The van der Waals surface area contributed by atoms with Crippen LogP contribution in [0.25, 0.3) is 0 Å². The molecule has 2 aromatic rings. The third-order valence-corrected chi connectivity index (χ3v) is 18.6. The molecule has 13 amide bonds. The third-order valence-electron chi connectivity index (χ3n) is 18.6. The topological polar surface area (TPSA) is 487 Å². The van der Waals surface area contributed by atoms with E-state index in [9.17, 15) is 72.5 Å². The number of anilines is 1. The summed E-state index contributed by atoms with van der Waals surface area (Å²) in [5, 5.41) is 43.0. The van der Waals surface area contributed by atoms with Gasteiger partial charge < -0.3 is 107 Å². The Balaban J connectivity index is 1.70. The monoisotopic (exact) mass is 1560 g/mol. The lowest BCUT2D eigenvalue weighted by Crippen LogP contribution is -2.64. The molecule has 1 fully saturated rings. The number of amides is 13. The van der Waals surface area contributed by atoms with Gasteiger partial charge in [0.05, 0.1) is 12.2 Å². The molecule has 2 aliphatic rings. The van der Waals surface area contributed by atoms with Crippen LogP contribution in [0.4, 0.5) is 15.3 Å². The van der Waals surface area contributed by atoms with E-state index in [-0.39, 0.29) is 50.9 Å². The zero-order valence-electron chi connectivity index (χ0n) is 66.0. The summed E-state index contributed by atoms with van der Waals surface area (Å²) in [6.45, 7) is 22.4. The number of cyclic esters (lactones) is 1. The first-order chi connectivity index (χ1) is 52.0. The average Bonchev–Trinajstić information content (AvgIpc) is 1.48. The zero-order chi connectivity index (χ0) is 83.6. The molecule has 2 unspecified atom stereocenters. The molecule has 15 atom stereocenters. The van der Waals surface area contributed by atoms with E-state index in [2.05, 4.69) is 49.1 Å². The predicted octanol–water partition coefficient (Wildman–Crippen LogP) is 0.649. The number of aliphatic hydroxyl groups is 2. The summed E-state index contributed by atoms with van der Waals surface area (Å²) in [6.07, 6.45) is -10.7. The Kier molecular flexibility index (Phi) is 36.5. The number of carbonyl (C=O) groups excluding carboxylic acids is 15. The lowest BCUT2D eigenvalue weighted by Gasteiger charge is -2.41. The summed E-state index contributed by atoms with van der Waals surface area (Å²) in [7, 11) is 4.84. The number of nitrogens with two attached hydrogens (primary N) is 1. The number of hydrogen-bond donors (Lipinski definition) is 11. The van der Waals surface area contributed by atoms with Crippen LogP contribution in [0.2, 0.25) is 0 Å². The van der Waals surface area contributed by atoms with Gasteiger partial charge in [-0.1, -0.05) is 111 Å². The number of urea groups is 1. The number of benzene rings is 2. The number of hydrogen-bond acceptors (Lipinski definition) is 23. The highest BCUT2D eigenvalue weighted by molar-refractivity contribution is 6.02. The minimum atomic E-state index is -2.17. The van der Waals surface area contributed by atoms with Gasteiger partial charge in [0.15, 0.2) is 24.5 Å². The molecule has 36 nitrogen and oxygen atoms in total. The number of likely N-dealkylation sites (N-methyl/N-ethyl adjacent to an activating group) is 3. The normalized spacial score (nSPS) is 22.4. The van der Waals surface area contributed by atoms with Crippen LogP contribution in [0, 0.1) is 23.7 Å². The van der Waals surface area contributed by atoms with E-state index in [1.54, 1.807) is 71.9 Å². The van der Waals surface area contributed by atoms with Crippen molar-refractivity contribution in [3.63, 3.8) is 0 Å². The SMILES string of the molecule is C=C1C(=O)N[C@@H](C)C(=O)N(C)[C@@H](C)C(=O)N[C@@H]([C@H](OC(=O)[C@@H](NC(=O)CC)[C@H](OC(=O)OCc2ccc(NC(=O)[C@H](CCCNC(N)=O)NC(=O)[C@@H](NC(=O)CCN3C(=O)C=CC3O)C(C)C)cc2)C(C)C)C(C)C)C(=O)N(C)[C@@H]([C@@H](C)OC)C(O)O[C@H](C(C)C)[C@H](NC(C)=O)C(=O)O[C@H](Cc2ccccc2)C(=O)N1C. The number of rotatable bonds is 30. The summed E-state index contributed by atoms with van der Waals surface area (Å²) in [4.78, 5) is 211. The smallest absolute Gasteiger partial charge is 0.458 e. The number of esters is 2. The lowest BCUT2D eigenvalue weighted by atomic mass is 9.95. The molecule has 2 aromatic carbocycles. The summed E-state index contributed by atoms with van der Waals surface area (Å²) in [6, 6.07) is 0.744. The molecular formula is C75H111N13O23. The maximum Gasteiger partial charge on any atom is 0.508 e. The molecule has 0 bridgehead atoms. The molecule has 0 aliphatic carbocycles. The van der Waals surface area contributed by atoms with Gasteiger partial charge in [-0.25, -0.2) is 19.2 Å². The highest BCUT2D eigenvalue weighted by atomic mass is 16.7. The lowest BCUT2D eigenvalue weighted by molar-refractivity contribution is -0.211. The second kappa shape index (κ2) is 43.7. The van der Waals surface area contributed by atoms with Gasteiger partial charge in [0, 0.05) is 79.3 Å². The fourth-order valence-electron chi connectivity index (χ4n) is 11.8. The van der Waals surface area contributed by atoms with Crippen molar-refractivity contribution >= 4 is 94.8 Å². The fraction of sp³-hybridized carbons (Fsp3) is 0.587. The maximum absolute atomic E-state index is 15.7. The Labute approximate surface area is 646 Å². The van der Waals surface area contributed by atoms with Gasteiger partial charge in [-0.05, 0) is 86.6 Å². The molecule has 36 heteroatoms. The van der Waals surface area contributed by atoms with Gasteiger partial charge in [-0.2, -0.15) is 0 Å². The van der Waals surface area contributed by atoms with Gasteiger partial charge in [0.2, 0.25) is 53.2 Å². The van der Waals surface area contributed by atoms with E-state index in [0.717, 1.165) is 26.5 Å². The van der Waals surface area contributed by atoms with E-state index < -0.39 is 216 Å². The fourth-order valence-corrected chi connectivity index (χ4v) is 11.8. The summed E-state index contributed by atoms with van der Waals surface area (Å²) >= 11 is 0. The first-order valence-corrected chi connectivity index (χ1v) is 36.6. The Morgan fingerprint density at radius 3 is 1.92 bits per heavy atom. The van der Waals surface area contributed by atoms with E-state index in [1.165, 1.54) is 106 Å². The first kappa shape index (κ1) is 92.8. The molecule has 0 saturated carbocycles. The maximum atomic E-state index is 15.7. The van der Waals surface area contributed by atoms with E-state index in [1.807, 2.05) is 0 Å². The van der Waals surface area contributed by atoms with Crippen molar-refractivity contribution in [1.29, 1.82) is 0 Å². The first-order valence-electron chi connectivity index (χ1n) is 36.6. The molecule has 0 radical (unpaired) electrons. The number of methoxy groups -OCH3 is 1. The van der Waals surface area contributed by atoms with E-state index in [0.29, 0.717) is 11.1 Å². The van der Waals surface area contributed by atoms with Crippen molar-refractivity contribution < 1.29 is 111 Å². The highest BCUT2D eigenvalue weighted by Crippen LogP contribution is 2.27. The molecular weight excluding hydrogens is 1450 g/mol. The molecule has 0 spiro atoms. The standard InChI is InChI=1S/C75H111N13O23/c1-19-52(90)82-59(63(41(8)9)111-75(105)107-37-48-27-29-49(30-28-48)80-66(96)50(26-23-34-77-74(76)104)81-67(97)56(38(2)3)83-53(91)33-35-88-54(92)31-32-55(88)93)72(102)109-61(39(4)5)57-70(100)87(17)60(45(13)106-18)73(103)110-62(40(6)7)58(79-46(14)89)71(101)108-51(36-47-24-21-20-22-25-47)69(99)86(16)43(11)64(94)78-42(10)68(98)85(15)44(12)65(95)84-57/h20-22,24-25,27-32,38-42,44-45,50-51,54,56-63,73,92,103H,11,19,23,26,33-37H2,1-10,12-18H3,(H,78,94)(H,79,89)(H,80,96)(H,81,97)(H,82,90)(H,83,91)(H,84,95)(H3,76,77,104)/t42-,44-,45+,50-,51+,54?,56-,57-,58-,59-,60-,61+,62+,63+,73?/m0/s1. The minimum absolute atomic E-state index is 0.0173. The Bertz CT molecular complexity index is 3650. The Morgan fingerprint density at radius 1 is 0.739 bits per heavy atom. The number of aliphatic hydroxyl groups excluding tert-OH is 2. The van der Waals surface area contributed by atoms with Crippen molar-refractivity contribution in [2.75, 3.05) is 46.7 Å². The van der Waals surface area contributed by atoms with Crippen molar-refractivity contribution in [2.24, 2.45) is 29.4 Å². The summed E-state index contributed by atoms with van der Waals surface area (Å²) in [5.74, 6) is -14.7. The second-order valence-corrected chi connectivity index (χ2v) is 28.5. The van der Waals surface area contributed by atoms with Gasteiger partial charge in [0.1, 0.15) is 67.0 Å². The number of ether oxygens (including phenoxy) is 6. The zero-order valence-corrected chi connectivity index (χ0v) is 66.0. The third kappa shape index (κ3) is 27.4. The van der Waals surface area contributed by atoms with Gasteiger partial charge in [-0.3, -0.25) is 52.7 Å². The van der Waals surface area contributed by atoms with Crippen LogP contribution in [0.3, 0.4) is 0 Å². The van der Waals surface area contributed by atoms with Gasteiger partial charge in [-0.15, -0.1) is 0 Å². The van der Waals surface area contributed by atoms with Crippen LogP contribution >= 0.6 is 0 Å². The number of nitrogens with zero attached hydrogens (tertiary/aromatic N) is 4. The van der Waals surface area contributed by atoms with Gasteiger partial charge >= 0.3 is 24.1 Å². The summed E-state index contributed by atoms with van der Waals surface area (Å²) < 4.78 is 35.5. The molecule has 1 saturated heterocycles. The van der Waals surface area contributed by atoms with Crippen molar-refractivity contribution in [3.05, 3.63) is 90.2 Å². The Hall–Kier alpha value is -10.6. The van der Waals surface area contributed by atoms with Crippen LogP contribution in [0.15, 0.2) is 79.0 Å². The summed E-state index contributed by atoms with van der Waals surface area (Å²) in [5.41, 5.74) is 5.77. The van der Waals surface area contributed by atoms with Crippen LogP contribution in [0.5, 0.6) is 0 Å². The predicted molar refractivity (Wildman–Crippen MR) is 399 cm³/mol. The molecule has 4 rings (SSSR count). The van der Waals surface area contributed by atoms with Gasteiger partial charge in [0.25, 0.3) is 11.8 Å². The minimum Gasteiger partial charge on any atom is -0.458 e. The number of carbonyl (C=O) groups is 15.